The third kappa shape index (κ3) is 4.02. The molecule has 0 saturated heterocycles. The van der Waals surface area contributed by atoms with Crippen molar-refractivity contribution < 1.29 is 29.0 Å². The first-order valence-corrected chi connectivity index (χ1v) is 11.2. The van der Waals surface area contributed by atoms with Crippen LogP contribution in [-0.2, 0) is 23.9 Å². The molecule has 0 spiro atoms. The Bertz CT molecular complexity index is 729. The van der Waals surface area contributed by atoms with E-state index in [0.29, 0.717) is 12.8 Å². The molecule has 0 aromatic rings. The van der Waals surface area contributed by atoms with Gasteiger partial charge < -0.3 is 14.6 Å². The topological polar surface area (TPSA) is 89.9 Å². The molecule has 6 heteroatoms. The van der Waals surface area contributed by atoms with E-state index in [-0.39, 0.29) is 53.2 Å². The first kappa shape index (κ1) is 22.8. The number of esters is 2. The zero-order valence-electron chi connectivity index (χ0n) is 18.7. The summed E-state index contributed by atoms with van der Waals surface area (Å²) in [7, 11) is 0. The van der Waals surface area contributed by atoms with Gasteiger partial charge in [-0.05, 0) is 67.6 Å². The molecule has 7 atom stereocenters. The number of hydrogen-bond acceptors (Lipinski definition) is 5. The van der Waals surface area contributed by atoms with Crippen LogP contribution < -0.4 is 0 Å². The predicted octanol–water partition coefficient (Wildman–Crippen LogP) is 4.37. The van der Waals surface area contributed by atoms with Gasteiger partial charge in [0.2, 0.25) is 0 Å². The summed E-state index contributed by atoms with van der Waals surface area (Å²) in [6, 6.07) is 0. The van der Waals surface area contributed by atoms with Gasteiger partial charge in [-0.3, -0.25) is 14.4 Å². The van der Waals surface area contributed by atoms with Gasteiger partial charge in [-0.2, -0.15) is 0 Å². The minimum absolute atomic E-state index is 0.00203. The van der Waals surface area contributed by atoms with Gasteiger partial charge >= 0.3 is 17.9 Å². The molecule has 0 aliphatic heterocycles. The molecular weight excluding hydrogens is 384 g/mol. The molecular formula is C24H36O6. The number of carboxylic acid groups (broad SMARTS) is 1. The number of rotatable bonds is 5. The Kier molecular flexibility index (Phi) is 6.35. The normalized spacial score (nSPS) is 41.1. The molecule has 0 radical (unpaired) electrons. The van der Waals surface area contributed by atoms with E-state index in [0.717, 1.165) is 32.1 Å². The maximum absolute atomic E-state index is 12.5. The summed E-state index contributed by atoms with van der Waals surface area (Å²) in [6.45, 7) is 11.6. The van der Waals surface area contributed by atoms with Gasteiger partial charge in [0.15, 0.2) is 0 Å². The van der Waals surface area contributed by atoms with E-state index in [1.165, 1.54) is 19.4 Å². The highest BCUT2D eigenvalue weighted by atomic mass is 16.5. The molecule has 0 bridgehead atoms. The van der Waals surface area contributed by atoms with Crippen LogP contribution in [0.15, 0.2) is 12.2 Å². The number of carbonyl (C=O) groups excluding carboxylic acids is 2. The van der Waals surface area contributed by atoms with Gasteiger partial charge in [-0.1, -0.05) is 26.0 Å². The summed E-state index contributed by atoms with van der Waals surface area (Å²) in [6.07, 6.45) is 5.42. The van der Waals surface area contributed by atoms with Crippen molar-refractivity contribution in [2.24, 2.45) is 34.5 Å². The van der Waals surface area contributed by atoms with Crippen LogP contribution >= 0.6 is 0 Å². The highest BCUT2D eigenvalue weighted by Crippen LogP contribution is 2.63. The van der Waals surface area contributed by atoms with Crippen molar-refractivity contribution in [1.29, 1.82) is 0 Å². The van der Waals surface area contributed by atoms with Crippen molar-refractivity contribution in [2.45, 2.75) is 78.7 Å². The maximum atomic E-state index is 12.5. The van der Waals surface area contributed by atoms with Gasteiger partial charge in [0.1, 0.15) is 6.10 Å². The van der Waals surface area contributed by atoms with E-state index in [2.05, 4.69) is 20.4 Å². The fourth-order valence-electron chi connectivity index (χ4n) is 6.82. The molecule has 1 N–H and O–H groups in total. The van der Waals surface area contributed by atoms with Crippen LogP contribution in [0.1, 0.15) is 72.6 Å². The van der Waals surface area contributed by atoms with Gasteiger partial charge in [0, 0.05) is 19.8 Å². The van der Waals surface area contributed by atoms with Crippen LogP contribution in [0.25, 0.3) is 0 Å². The number of fused-ring (bicyclic) bond motifs is 1. The molecule has 30 heavy (non-hydrogen) atoms. The number of carboxylic acids is 1. The van der Waals surface area contributed by atoms with Crippen molar-refractivity contribution in [2.75, 3.05) is 6.61 Å². The number of aliphatic carboxylic acids is 1. The molecule has 0 aromatic carbocycles. The van der Waals surface area contributed by atoms with E-state index in [1.54, 1.807) is 0 Å². The Morgan fingerprint density at radius 2 is 1.77 bits per heavy atom. The molecule has 168 valence electrons. The molecule has 3 rings (SSSR count). The fourth-order valence-corrected chi connectivity index (χ4v) is 6.82. The van der Waals surface area contributed by atoms with Crippen LogP contribution in [-0.4, -0.2) is 35.7 Å². The Morgan fingerprint density at radius 1 is 1.07 bits per heavy atom. The molecule has 3 fully saturated rings. The summed E-state index contributed by atoms with van der Waals surface area (Å²) in [5, 5.41) is 10.3. The van der Waals surface area contributed by atoms with Crippen LogP contribution in [0, 0.1) is 34.5 Å². The van der Waals surface area contributed by atoms with E-state index >= 15 is 0 Å². The second kappa shape index (κ2) is 8.35. The standard InChI is InChI=1S/C24H36O6/c1-14-6-7-19-21(22(27)28)20(9-11-23(14,19)4)24(5)10-8-18(30-16(3)26)12-17(24)13-29-15(2)25/h17-21H,1,6-13H2,2-5H3,(H,27,28)/t17-,18-,19-,20-,21-,23+,24-/m0/s1. The largest absolute Gasteiger partial charge is 0.481 e. The zero-order chi connectivity index (χ0) is 22.3. The summed E-state index contributed by atoms with van der Waals surface area (Å²) < 4.78 is 10.9. The quantitative estimate of drug-likeness (QED) is 0.525. The lowest BCUT2D eigenvalue weighted by molar-refractivity contribution is -0.168. The smallest absolute Gasteiger partial charge is 0.307 e. The van der Waals surface area contributed by atoms with Crippen molar-refractivity contribution in [3.8, 4) is 0 Å². The summed E-state index contributed by atoms with van der Waals surface area (Å²) >= 11 is 0. The third-order valence-corrected chi connectivity index (χ3v) is 8.66. The van der Waals surface area contributed by atoms with E-state index in [9.17, 15) is 19.5 Å². The van der Waals surface area contributed by atoms with Gasteiger partial charge in [-0.15, -0.1) is 0 Å². The third-order valence-electron chi connectivity index (χ3n) is 8.66. The predicted molar refractivity (Wildman–Crippen MR) is 111 cm³/mol. The molecule has 0 heterocycles. The van der Waals surface area contributed by atoms with E-state index in [4.69, 9.17) is 9.47 Å². The van der Waals surface area contributed by atoms with Crippen LogP contribution in [0.4, 0.5) is 0 Å². The van der Waals surface area contributed by atoms with E-state index in [1.807, 2.05) is 0 Å². The second-order valence-electron chi connectivity index (χ2n) is 10.2. The lowest BCUT2D eigenvalue weighted by Gasteiger charge is -2.55. The summed E-state index contributed by atoms with van der Waals surface area (Å²) in [5.74, 6) is -1.75. The highest BCUT2D eigenvalue weighted by molar-refractivity contribution is 5.72. The van der Waals surface area contributed by atoms with Crippen molar-refractivity contribution in [3.05, 3.63) is 12.2 Å². The van der Waals surface area contributed by atoms with E-state index < -0.39 is 11.9 Å². The fraction of sp³-hybridized carbons (Fsp3) is 0.792. The van der Waals surface area contributed by atoms with Crippen molar-refractivity contribution in [3.63, 3.8) is 0 Å². The Labute approximate surface area is 179 Å². The number of carbonyl (C=O) groups is 3. The molecule has 3 aliphatic carbocycles. The van der Waals surface area contributed by atoms with Crippen molar-refractivity contribution in [1.82, 2.24) is 0 Å². The molecule has 0 unspecified atom stereocenters. The minimum atomic E-state index is -0.722. The lowest BCUT2D eigenvalue weighted by atomic mass is 9.49. The van der Waals surface area contributed by atoms with Gasteiger partial charge in [-0.25, -0.2) is 0 Å². The minimum Gasteiger partial charge on any atom is -0.481 e. The number of allylic oxidation sites excluding steroid dienone is 1. The Balaban J connectivity index is 1.91. The van der Waals surface area contributed by atoms with Gasteiger partial charge in [0.05, 0.1) is 12.5 Å². The molecule has 3 aliphatic rings. The lowest BCUT2D eigenvalue weighted by Crippen LogP contribution is -2.53. The van der Waals surface area contributed by atoms with Crippen LogP contribution in [0.5, 0.6) is 0 Å². The van der Waals surface area contributed by atoms with Crippen molar-refractivity contribution >= 4 is 17.9 Å². The highest BCUT2D eigenvalue weighted by Gasteiger charge is 2.59. The average Bonchev–Trinajstić information content (AvgIpc) is 2.95. The Morgan fingerprint density at radius 3 is 2.37 bits per heavy atom. The van der Waals surface area contributed by atoms with Gasteiger partial charge in [0.25, 0.3) is 0 Å². The second-order valence-corrected chi connectivity index (χ2v) is 10.2. The SMILES string of the molecule is C=C1CC[C@H]2[C@H](C(=O)O)[C@@H]([C@@]3(C)CC[C@H](OC(C)=O)C[C@H]3COC(C)=O)CC[C@]12C. The Hall–Kier alpha value is -1.85. The molecule has 6 nitrogen and oxygen atoms in total. The monoisotopic (exact) mass is 420 g/mol. The first-order chi connectivity index (χ1) is 14.0. The average molecular weight is 421 g/mol. The van der Waals surface area contributed by atoms with Crippen LogP contribution in [0.3, 0.4) is 0 Å². The maximum Gasteiger partial charge on any atom is 0.307 e. The molecule has 3 saturated carbocycles. The summed E-state index contributed by atoms with van der Waals surface area (Å²) in [5.41, 5.74) is 0.800. The summed E-state index contributed by atoms with van der Waals surface area (Å²) in [4.78, 5) is 35.5. The molecule has 0 aromatic heterocycles. The first-order valence-electron chi connectivity index (χ1n) is 11.2. The number of ether oxygens (including phenoxy) is 2. The molecule has 0 amide bonds. The zero-order valence-corrected chi connectivity index (χ0v) is 18.7. The number of hydrogen-bond donors (Lipinski definition) is 1. The van der Waals surface area contributed by atoms with Crippen LogP contribution in [0.2, 0.25) is 0 Å².